The summed E-state index contributed by atoms with van der Waals surface area (Å²) in [7, 11) is 2.85. The molecule has 0 saturated carbocycles. The monoisotopic (exact) mass is 431 g/mol. The average molecular weight is 432 g/mol. The van der Waals surface area contributed by atoms with Gasteiger partial charge in [0.05, 0.1) is 41.2 Å². The first kappa shape index (κ1) is 20.8. The number of carbonyl (C=O) groups excluding carboxylic acids is 2. The third kappa shape index (κ3) is 4.44. The molecule has 144 valence electrons. The number of carbonyl (C=O) groups is 2. The number of amides is 3. The Bertz CT molecular complexity index is 910. The lowest BCUT2D eigenvalue weighted by atomic mass is 10.1. The van der Waals surface area contributed by atoms with E-state index in [4.69, 9.17) is 38.4 Å². The van der Waals surface area contributed by atoms with Crippen molar-refractivity contribution in [2.24, 2.45) is 5.73 Å². The minimum Gasteiger partial charge on any atom is -0.507 e. The smallest absolute Gasteiger partial charge is 0.336 e. The molecule has 0 saturated heterocycles. The van der Waals surface area contributed by atoms with Gasteiger partial charge in [0.15, 0.2) is 0 Å². The van der Waals surface area contributed by atoms with Crippen molar-refractivity contribution in [3.63, 3.8) is 0 Å². The van der Waals surface area contributed by atoms with Crippen LogP contribution in [0, 0.1) is 0 Å². The van der Waals surface area contributed by atoms with Crippen molar-refractivity contribution >= 4 is 59.3 Å². The number of primary amides is 1. The summed E-state index contributed by atoms with van der Waals surface area (Å²) in [6.45, 7) is 0. The molecular weight excluding hydrogens is 417 g/mol. The van der Waals surface area contributed by atoms with Gasteiger partial charge in [0, 0.05) is 12.1 Å². The normalized spacial score (nSPS) is 10.3. The molecule has 0 fully saturated rings. The highest BCUT2D eigenvalue weighted by molar-refractivity contribution is 7.82. The number of hydrogen-bond acceptors (Lipinski definition) is 6. The molecule has 27 heavy (non-hydrogen) atoms. The van der Waals surface area contributed by atoms with E-state index >= 15 is 0 Å². The first-order valence-electron chi connectivity index (χ1n) is 7.23. The number of thiol groups is 1. The zero-order valence-corrected chi connectivity index (χ0v) is 16.5. The zero-order chi connectivity index (χ0) is 20.3. The van der Waals surface area contributed by atoms with E-state index in [9.17, 15) is 14.7 Å². The number of hydrogen-bond donors (Lipinski definition) is 4. The molecular formula is C16H15Cl2N3O5S. The summed E-state index contributed by atoms with van der Waals surface area (Å²) in [5.41, 5.74) is 5.23. The summed E-state index contributed by atoms with van der Waals surface area (Å²) < 4.78 is 11.1. The predicted octanol–water partition coefficient (Wildman–Crippen LogP) is 3.70. The Kier molecular flexibility index (Phi) is 6.53. The number of benzene rings is 2. The highest BCUT2D eigenvalue weighted by Crippen LogP contribution is 2.37. The van der Waals surface area contributed by atoms with Crippen LogP contribution in [-0.2, 0) is 0 Å². The molecule has 0 unspecified atom stereocenters. The molecule has 0 heterocycles. The molecule has 0 aliphatic carbocycles. The zero-order valence-electron chi connectivity index (χ0n) is 14.1. The maximum Gasteiger partial charge on any atom is 0.336 e. The van der Waals surface area contributed by atoms with E-state index in [0.29, 0.717) is 11.5 Å². The van der Waals surface area contributed by atoms with Gasteiger partial charge < -0.3 is 25.6 Å². The second-order valence-electron chi connectivity index (χ2n) is 5.11. The number of nitrogens with zero attached hydrogens (tertiary/aromatic N) is 1. The van der Waals surface area contributed by atoms with Crippen molar-refractivity contribution in [2.75, 3.05) is 23.8 Å². The van der Waals surface area contributed by atoms with E-state index in [2.05, 4.69) is 18.1 Å². The number of aromatic hydroxyl groups is 1. The number of ether oxygens (including phenoxy) is 2. The molecule has 0 atom stereocenters. The fourth-order valence-electron chi connectivity index (χ4n) is 2.15. The van der Waals surface area contributed by atoms with Gasteiger partial charge in [0.25, 0.3) is 5.91 Å². The summed E-state index contributed by atoms with van der Waals surface area (Å²) in [4.78, 5) is 23.7. The van der Waals surface area contributed by atoms with Crippen molar-refractivity contribution in [3.8, 4) is 17.2 Å². The molecule has 8 nitrogen and oxygen atoms in total. The van der Waals surface area contributed by atoms with E-state index in [0.717, 1.165) is 16.4 Å². The van der Waals surface area contributed by atoms with Crippen LogP contribution in [0.1, 0.15) is 10.4 Å². The number of urea groups is 1. The van der Waals surface area contributed by atoms with Crippen molar-refractivity contribution in [3.05, 3.63) is 39.9 Å². The molecule has 4 N–H and O–H groups in total. The number of nitrogens with one attached hydrogen (secondary N) is 1. The van der Waals surface area contributed by atoms with Crippen molar-refractivity contribution < 1.29 is 24.2 Å². The lowest BCUT2D eigenvalue weighted by Gasteiger charge is -2.20. The second-order valence-corrected chi connectivity index (χ2v) is 6.33. The SMILES string of the molecule is COc1cc(OC)c(NC(=O)N(S)c2cc(O)c(C(N)=O)cc2Cl)cc1Cl. The fourth-order valence-corrected chi connectivity index (χ4v) is 2.91. The first-order chi connectivity index (χ1) is 12.7. The standard InChI is InChI=1S/C16H15Cl2N3O5S/c1-25-13-6-14(26-2)10(4-9(13)18)20-16(24)21(27)11-5-12(22)7(15(19)23)3-8(11)17/h3-6,22,27H,1-2H3,(H2,19,23)(H,20,24). The Hall–Kier alpha value is -2.49. The molecule has 2 rings (SSSR count). The number of nitrogens with two attached hydrogens (primary N) is 1. The summed E-state index contributed by atoms with van der Waals surface area (Å²) in [5.74, 6) is -0.652. The molecule has 2 aromatic rings. The van der Waals surface area contributed by atoms with E-state index in [1.54, 1.807) is 0 Å². The first-order valence-corrected chi connectivity index (χ1v) is 8.39. The number of anilines is 2. The van der Waals surface area contributed by atoms with Gasteiger partial charge in [0.1, 0.15) is 17.2 Å². The molecule has 11 heteroatoms. The molecule has 0 spiro atoms. The van der Waals surface area contributed by atoms with Gasteiger partial charge in [-0.1, -0.05) is 36.0 Å². The molecule has 3 amide bonds. The third-order valence-electron chi connectivity index (χ3n) is 3.47. The lowest BCUT2D eigenvalue weighted by molar-refractivity contribution is 0.0998. The fraction of sp³-hybridized carbons (Fsp3) is 0.125. The summed E-state index contributed by atoms with van der Waals surface area (Å²) >= 11 is 16.2. The van der Waals surface area contributed by atoms with Gasteiger partial charge in [-0.25, -0.2) is 9.10 Å². The van der Waals surface area contributed by atoms with E-state index in [-0.39, 0.29) is 27.0 Å². The summed E-state index contributed by atoms with van der Waals surface area (Å²) in [5, 5.41) is 12.7. The molecule has 0 radical (unpaired) electrons. The van der Waals surface area contributed by atoms with E-state index in [1.807, 2.05) is 0 Å². The van der Waals surface area contributed by atoms with E-state index < -0.39 is 17.7 Å². The van der Waals surface area contributed by atoms with Crippen molar-refractivity contribution in [2.45, 2.75) is 0 Å². The van der Waals surface area contributed by atoms with Gasteiger partial charge in [-0.3, -0.25) is 4.79 Å². The van der Waals surface area contributed by atoms with Crippen LogP contribution in [-0.4, -0.2) is 31.3 Å². The van der Waals surface area contributed by atoms with Crippen LogP contribution in [0.3, 0.4) is 0 Å². The molecule has 0 bridgehead atoms. The van der Waals surface area contributed by atoms with Crippen LogP contribution in [0.2, 0.25) is 10.0 Å². The quantitative estimate of drug-likeness (QED) is 0.538. The Labute approximate surface area is 170 Å². The lowest BCUT2D eigenvalue weighted by Crippen LogP contribution is -2.27. The van der Waals surface area contributed by atoms with Gasteiger partial charge in [-0.15, -0.1) is 0 Å². The average Bonchev–Trinajstić information content (AvgIpc) is 2.62. The van der Waals surface area contributed by atoms with Gasteiger partial charge in [-0.05, 0) is 12.1 Å². The highest BCUT2D eigenvalue weighted by atomic mass is 35.5. The summed E-state index contributed by atoms with van der Waals surface area (Å²) in [6.07, 6.45) is 0. The van der Waals surface area contributed by atoms with Gasteiger partial charge in [0.2, 0.25) is 0 Å². The topological polar surface area (TPSA) is 114 Å². The highest BCUT2D eigenvalue weighted by Gasteiger charge is 2.21. The van der Waals surface area contributed by atoms with Crippen LogP contribution in [0.15, 0.2) is 24.3 Å². The number of rotatable bonds is 5. The molecule has 0 aliphatic heterocycles. The van der Waals surface area contributed by atoms with Crippen LogP contribution >= 0.6 is 36.0 Å². The number of methoxy groups -OCH3 is 2. The predicted molar refractivity (Wildman–Crippen MR) is 107 cm³/mol. The third-order valence-corrected chi connectivity index (χ3v) is 4.46. The van der Waals surface area contributed by atoms with Crippen LogP contribution in [0.5, 0.6) is 17.2 Å². The maximum atomic E-state index is 12.5. The largest absolute Gasteiger partial charge is 0.507 e. The van der Waals surface area contributed by atoms with Gasteiger partial charge >= 0.3 is 6.03 Å². The maximum absolute atomic E-state index is 12.5. The van der Waals surface area contributed by atoms with Crippen molar-refractivity contribution in [1.29, 1.82) is 0 Å². The number of phenols is 1. The molecule has 0 aliphatic rings. The Morgan fingerprint density at radius 1 is 1.11 bits per heavy atom. The minimum absolute atomic E-state index is 0.0218. The Morgan fingerprint density at radius 3 is 2.30 bits per heavy atom. The van der Waals surface area contributed by atoms with Crippen molar-refractivity contribution in [1.82, 2.24) is 0 Å². The van der Waals surface area contributed by atoms with Crippen LogP contribution in [0.4, 0.5) is 16.2 Å². The minimum atomic E-state index is -0.867. The Balaban J connectivity index is 2.33. The molecule has 2 aromatic carbocycles. The van der Waals surface area contributed by atoms with Crippen LogP contribution in [0.25, 0.3) is 0 Å². The Morgan fingerprint density at radius 2 is 1.74 bits per heavy atom. The second kappa shape index (κ2) is 8.47. The number of halogens is 2. The molecule has 0 aromatic heterocycles. The summed E-state index contributed by atoms with van der Waals surface area (Å²) in [6, 6.07) is 4.43. The van der Waals surface area contributed by atoms with E-state index in [1.165, 1.54) is 26.4 Å². The van der Waals surface area contributed by atoms with Gasteiger partial charge in [-0.2, -0.15) is 0 Å². The van der Waals surface area contributed by atoms with Crippen LogP contribution < -0.4 is 24.8 Å².